The molecule has 0 aromatic carbocycles. The standard InChI is InChI=1S/C10H23N3O4S/c1-5-10(6-2,8-11)13(7-3)18(15,16)12-9(14)17-4/h5-8,11H2,1-4H3,(H,12,14). The molecule has 0 atom stereocenters. The van der Waals surface area contributed by atoms with Gasteiger partial charge >= 0.3 is 16.3 Å². The second-order valence-electron chi connectivity index (χ2n) is 3.90. The van der Waals surface area contributed by atoms with Gasteiger partial charge in [-0.3, -0.25) is 0 Å². The van der Waals surface area contributed by atoms with Gasteiger partial charge in [0.25, 0.3) is 0 Å². The number of nitrogens with two attached hydrogens (primary N) is 1. The van der Waals surface area contributed by atoms with E-state index in [0.29, 0.717) is 12.8 Å². The number of nitrogens with zero attached hydrogens (tertiary/aromatic N) is 1. The molecule has 0 aliphatic carbocycles. The molecule has 0 bridgehead atoms. The zero-order valence-corrected chi connectivity index (χ0v) is 12.2. The summed E-state index contributed by atoms with van der Waals surface area (Å²) in [5.41, 5.74) is 5.03. The van der Waals surface area contributed by atoms with Crippen LogP contribution in [-0.4, -0.2) is 44.6 Å². The minimum absolute atomic E-state index is 0.190. The predicted molar refractivity (Wildman–Crippen MR) is 69.2 cm³/mol. The van der Waals surface area contributed by atoms with Crippen molar-refractivity contribution in [2.45, 2.75) is 39.2 Å². The molecular weight excluding hydrogens is 258 g/mol. The molecular formula is C10H23N3O4S. The number of rotatable bonds is 7. The Bertz CT molecular complexity index is 357. The van der Waals surface area contributed by atoms with Crippen LogP contribution in [0.5, 0.6) is 0 Å². The monoisotopic (exact) mass is 281 g/mol. The van der Waals surface area contributed by atoms with Gasteiger partial charge in [0.1, 0.15) is 0 Å². The predicted octanol–water partition coefficient (Wildman–Crippen LogP) is 0.427. The van der Waals surface area contributed by atoms with Crippen LogP contribution < -0.4 is 10.5 Å². The average molecular weight is 281 g/mol. The third-order valence-electron chi connectivity index (χ3n) is 3.20. The van der Waals surface area contributed by atoms with Gasteiger partial charge in [-0.25, -0.2) is 9.52 Å². The number of ether oxygens (including phenoxy) is 1. The molecule has 0 aromatic rings. The molecule has 0 heterocycles. The second kappa shape index (κ2) is 6.91. The van der Waals surface area contributed by atoms with Crippen molar-refractivity contribution < 1.29 is 17.9 Å². The topological polar surface area (TPSA) is 102 Å². The molecule has 0 aliphatic heterocycles. The van der Waals surface area contributed by atoms with Crippen molar-refractivity contribution >= 4 is 16.3 Å². The maximum absolute atomic E-state index is 12.1. The van der Waals surface area contributed by atoms with E-state index < -0.39 is 21.8 Å². The highest BCUT2D eigenvalue weighted by Gasteiger charge is 2.39. The van der Waals surface area contributed by atoms with E-state index in [4.69, 9.17) is 5.73 Å². The van der Waals surface area contributed by atoms with E-state index in [1.54, 1.807) is 6.92 Å². The van der Waals surface area contributed by atoms with Gasteiger partial charge in [0.15, 0.2) is 0 Å². The molecule has 3 N–H and O–H groups in total. The van der Waals surface area contributed by atoms with Gasteiger partial charge < -0.3 is 10.5 Å². The van der Waals surface area contributed by atoms with Gasteiger partial charge in [0.05, 0.1) is 7.11 Å². The van der Waals surface area contributed by atoms with E-state index in [1.165, 1.54) is 4.31 Å². The van der Waals surface area contributed by atoms with E-state index in [2.05, 4.69) is 4.74 Å². The first-order valence-corrected chi connectivity index (χ1v) is 7.36. The first kappa shape index (κ1) is 17.1. The summed E-state index contributed by atoms with van der Waals surface area (Å²) in [6.45, 7) is 5.85. The lowest BCUT2D eigenvalue weighted by molar-refractivity contribution is 0.167. The number of hydrogen-bond acceptors (Lipinski definition) is 5. The zero-order valence-electron chi connectivity index (χ0n) is 11.4. The van der Waals surface area contributed by atoms with Gasteiger partial charge in [-0.05, 0) is 12.8 Å². The molecule has 0 saturated heterocycles. The van der Waals surface area contributed by atoms with Gasteiger partial charge in [-0.2, -0.15) is 12.7 Å². The Hall–Kier alpha value is -0.860. The minimum atomic E-state index is -3.95. The maximum Gasteiger partial charge on any atom is 0.421 e. The summed E-state index contributed by atoms with van der Waals surface area (Å²) >= 11 is 0. The molecule has 0 unspecified atom stereocenters. The quantitative estimate of drug-likeness (QED) is 0.704. The Morgan fingerprint density at radius 1 is 1.33 bits per heavy atom. The molecule has 1 amide bonds. The summed E-state index contributed by atoms with van der Waals surface area (Å²) in [4.78, 5) is 11.1. The molecule has 0 radical (unpaired) electrons. The summed E-state index contributed by atoms with van der Waals surface area (Å²) in [6, 6.07) is 0. The number of likely N-dealkylation sites (N-methyl/N-ethyl adjacent to an activating group) is 1. The van der Waals surface area contributed by atoms with Crippen LogP contribution in [0.4, 0.5) is 4.79 Å². The Labute approximate surface area is 109 Å². The van der Waals surface area contributed by atoms with E-state index >= 15 is 0 Å². The Kier molecular flexibility index (Phi) is 6.58. The molecule has 0 spiro atoms. The first-order valence-electron chi connectivity index (χ1n) is 5.92. The second-order valence-corrected chi connectivity index (χ2v) is 5.49. The molecule has 0 saturated carbocycles. The van der Waals surface area contributed by atoms with E-state index in [0.717, 1.165) is 7.11 Å². The van der Waals surface area contributed by atoms with Crippen LogP contribution in [0.2, 0.25) is 0 Å². The van der Waals surface area contributed by atoms with Crippen molar-refractivity contribution in [2.24, 2.45) is 5.73 Å². The van der Waals surface area contributed by atoms with Crippen LogP contribution in [0.1, 0.15) is 33.6 Å². The molecule has 108 valence electrons. The molecule has 0 rings (SSSR count). The fourth-order valence-electron chi connectivity index (χ4n) is 1.96. The number of amides is 1. The Morgan fingerprint density at radius 3 is 2.11 bits per heavy atom. The van der Waals surface area contributed by atoms with Crippen LogP contribution in [0.25, 0.3) is 0 Å². The molecule has 0 aromatic heterocycles. The van der Waals surface area contributed by atoms with Crippen LogP contribution >= 0.6 is 0 Å². The number of carbonyl (C=O) groups is 1. The lowest BCUT2D eigenvalue weighted by Crippen LogP contribution is -2.59. The maximum atomic E-state index is 12.1. The largest absolute Gasteiger partial charge is 0.452 e. The van der Waals surface area contributed by atoms with E-state index in [-0.39, 0.29) is 13.1 Å². The highest BCUT2D eigenvalue weighted by molar-refractivity contribution is 7.87. The van der Waals surface area contributed by atoms with Gasteiger partial charge in [-0.1, -0.05) is 20.8 Å². The number of nitrogens with one attached hydrogen (secondary N) is 1. The van der Waals surface area contributed by atoms with Gasteiger partial charge in [0.2, 0.25) is 0 Å². The van der Waals surface area contributed by atoms with Crippen LogP contribution in [0.15, 0.2) is 0 Å². The fourth-order valence-corrected chi connectivity index (χ4v) is 3.54. The van der Waals surface area contributed by atoms with Crippen molar-refractivity contribution in [1.82, 2.24) is 9.03 Å². The smallest absolute Gasteiger partial charge is 0.421 e. The highest BCUT2D eigenvalue weighted by atomic mass is 32.2. The first-order chi connectivity index (χ1) is 8.33. The van der Waals surface area contributed by atoms with Crippen LogP contribution in [0, 0.1) is 0 Å². The SMILES string of the molecule is CCN(C(CC)(CC)CN)S(=O)(=O)NC(=O)OC. The van der Waals surface area contributed by atoms with Crippen molar-refractivity contribution in [3.05, 3.63) is 0 Å². The van der Waals surface area contributed by atoms with Gasteiger partial charge in [0, 0.05) is 18.6 Å². The third kappa shape index (κ3) is 3.56. The normalized spacial score (nSPS) is 12.6. The molecule has 7 nitrogen and oxygen atoms in total. The molecule has 0 fully saturated rings. The van der Waals surface area contributed by atoms with Crippen molar-refractivity contribution in [1.29, 1.82) is 0 Å². The van der Waals surface area contributed by atoms with Crippen molar-refractivity contribution in [3.8, 4) is 0 Å². The van der Waals surface area contributed by atoms with E-state index in [1.807, 2.05) is 18.6 Å². The van der Waals surface area contributed by atoms with Crippen molar-refractivity contribution in [2.75, 3.05) is 20.2 Å². The average Bonchev–Trinajstić information content (AvgIpc) is 2.35. The Balaban J connectivity index is 5.35. The fraction of sp³-hybridized carbons (Fsp3) is 0.900. The van der Waals surface area contributed by atoms with Crippen molar-refractivity contribution in [3.63, 3.8) is 0 Å². The molecule has 0 aliphatic rings. The van der Waals surface area contributed by atoms with E-state index in [9.17, 15) is 13.2 Å². The minimum Gasteiger partial charge on any atom is -0.452 e. The Morgan fingerprint density at radius 2 is 1.83 bits per heavy atom. The number of carbonyl (C=O) groups excluding carboxylic acids is 1. The van der Waals surface area contributed by atoms with Crippen LogP contribution in [0.3, 0.4) is 0 Å². The van der Waals surface area contributed by atoms with Crippen LogP contribution in [-0.2, 0) is 14.9 Å². The number of hydrogen-bond donors (Lipinski definition) is 2. The lowest BCUT2D eigenvalue weighted by Gasteiger charge is -2.40. The molecule has 8 heteroatoms. The number of methoxy groups -OCH3 is 1. The zero-order chi connectivity index (χ0) is 14.4. The highest BCUT2D eigenvalue weighted by Crippen LogP contribution is 2.25. The van der Waals surface area contributed by atoms with Gasteiger partial charge in [-0.15, -0.1) is 0 Å². The summed E-state index contributed by atoms with van der Waals surface area (Å²) in [7, 11) is -2.84. The summed E-state index contributed by atoms with van der Waals surface area (Å²) in [5.74, 6) is 0. The lowest BCUT2D eigenvalue weighted by atomic mass is 9.93. The molecule has 18 heavy (non-hydrogen) atoms. The third-order valence-corrected chi connectivity index (χ3v) is 4.85. The summed E-state index contributed by atoms with van der Waals surface area (Å²) < 4.78 is 31.6. The summed E-state index contributed by atoms with van der Waals surface area (Å²) in [6.07, 6.45) is 0.123. The summed E-state index contributed by atoms with van der Waals surface area (Å²) in [5, 5.41) is 0.